The molecule has 0 aliphatic carbocycles. The minimum atomic E-state index is -0.0914. The van der Waals surface area contributed by atoms with E-state index in [1.54, 1.807) is 36.7 Å². The van der Waals surface area contributed by atoms with Crippen molar-refractivity contribution in [1.82, 2.24) is 30.7 Å². The lowest BCUT2D eigenvalue weighted by molar-refractivity contribution is 0.0949. The van der Waals surface area contributed by atoms with E-state index in [1.165, 1.54) is 0 Å². The number of hydrazone groups is 1. The van der Waals surface area contributed by atoms with E-state index < -0.39 is 0 Å². The highest BCUT2D eigenvalue weighted by Crippen LogP contribution is 2.11. The summed E-state index contributed by atoms with van der Waals surface area (Å²) in [5.41, 5.74) is 8.22. The molecule has 2 heterocycles. The van der Waals surface area contributed by atoms with Crippen LogP contribution in [0.1, 0.15) is 31.1 Å². The van der Waals surface area contributed by atoms with Gasteiger partial charge in [0.05, 0.1) is 28.8 Å². The van der Waals surface area contributed by atoms with Gasteiger partial charge in [0.25, 0.3) is 5.91 Å². The highest BCUT2D eigenvalue weighted by Gasteiger charge is 2.07. The maximum atomic E-state index is 12.4. The summed E-state index contributed by atoms with van der Waals surface area (Å²) in [7, 11) is 0. The first-order valence-corrected chi connectivity index (χ1v) is 10.7. The zero-order chi connectivity index (χ0) is 22.9. The van der Waals surface area contributed by atoms with Crippen LogP contribution in [0.2, 0.25) is 0 Å². The van der Waals surface area contributed by atoms with Crippen molar-refractivity contribution in [1.29, 1.82) is 0 Å². The predicted molar refractivity (Wildman–Crippen MR) is 128 cm³/mol. The van der Waals surface area contributed by atoms with E-state index in [1.807, 2.05) is 23.8 Å². The lowest BCUT2D eigenvalue weighted by Gasteiger charge is -2.17. The monoisotopic (exact) mass is 434 g/mol. The maximum absolute atomic E-state index is 12.4. The fourth-order valence-electron chi connectivity index (χ4n) is 3.26. The van der Waals surface area contributed by atoms with E-state index in [-0.39, 0.29) is 5.91 Å². The summed E-state index contributed by atoms with van der Waals surface area (Å²) in [5.74, 6) is -0.0914. The van der Waals surface area contributed by atoms with Gasteiger partial charge in [-0.15, -0.1) is 0 Å². The molecule has 3 N–H and O–H groups in total. The van der Waals surface area contributed by atoms with Gasteiger partial charge in [-0.05, 0) is 44.3 Å². The topological polar surface area (TPSA) is 98.9 Å². The second kappa shape index (κ2) is 11.1. The molecule has 0 unspecified atom stereocenters. The Bertz CT molecular complexity index is 1170. The molecule has 0 saturated heterocycles. The molecule has 1 amide bonds. The van der Waals surface area contributed by atoms with Crippen LogP contribution in [-0.4, -0.2) is 52.8 Å². The fourth-order valence-corrected chi connectivity index (χ4v) is 3.26. The average molecular weight is 435 g/mol. The Morgan fingerprint density at radius 1 is 1.28 bits per heavy atom. The zero-order valence-electron chi connectivity index (χ0n) is 18.8. The van der Waals surface area contributed by atoms with Crippen LogP contribution in [0.25, 0.3) is 18.5 Å². The second-order valence-electron chi connectivity index (χ2n) is 7.12. The standard InChI is InChI=1S/C23H30N8O/c1-5-13-31-17(4)22(25-16-21(31)20-15-26-29-28-20)27-19-10-8-18(9-11-19)23(32)24-12-14-30(6-2)7-3/h5,8-11,13,15-16,28-29H,4,6-7,12,14H2,1-3H3,(H,24,32)/b13-5-,21-20?,27-22?. The summed E-state index contributed by atoms with van der Waals surface area (Å²) in [6.07, 6.45) is 7.20. The van der Waals surface area contributed by atoms with Crippen LogP contribution < -0.4 is 32.5 Å². The van der Waals surface area contributed by atoms with Gasteiger partial charge in [-0.25, -0.2) is 15.5 Å². The number of amides is 1. The first-order valence-electron chi connectivity index (χ1n) is 10.7. The molecule has 0 fully saturated rings. The second-order valence-corrected chi connectivity index (χ2v) is 7.12. The predicted octanol–water partition coefficient (Wildman–Crippen LogP) is 0.290. The molecule has 0 saturated carbocycles. The normalized spacial score (nSPS) is 15.3. The van der Waals surface area contributed by atoms with Crippen LogP contribution in [0.3, 0.4) is 0 Å². The molecule has 9 heteroatoms. The first-order chi connectivity index (χ1) is 15.6. The molecular weight excluding hydrogens is 404 g/mol. The molecule has 0 radical (unpaired) electrons. The molecule has 32 heavy (non-hydrogen) atoms. The zero-order valence-corrected chi connectivity index (χ0v) is 18.8. The summed E-state index contributed by atoms with van der Waals surface area (Å²) in [4.78, 5) is 23.7. The van der Waals surface area contributed by atoms with Crippen molar-refractivity contribution >= 4 is 36.3 Å². The molecule has 1 aliphatic rings. The number of carbonyl (C=O) groups is 1. The number of allylic oxidation sites excluding steroid dienone is 1. The van der Waals surface area contributed by atoms with Crippen molar-refractivity contribution in [2.75, 3.05) is 26.2 Å². The number of carbonyl (C=O) groups excluding carboxylic acids is 1. The van der Waals surface area contributed by atoms with Crippen LogP contribution in [0.4, 0.5) is 5.69 Å². The molecular formula is C23H30N8O. The van der Waals surface area contributed by atoms with E-state index in [2.05, 4.69) is 56.7 Å². The smallest absolute Gasteiger partial charge is 0.251 e. The number of hydrazine groups is 1. The minimum absolute atomic E-state index is 0.0914. The number of nitrogens with zero attached hydrogens (tertiary/aromatic N) is 5. The molecule has 0 atom stereocenters. The van der Waals surface area contributed by atoms with Gasteiger partial charge >= 0.3 is 0 Å². The molecule has 0 bridgehead atoms. The first kappa shape index (κ1) is 23.0. The van der Waals surface area contributed by atoms with Crippen LogP contribution in [0.15, 0.2) is 46.6 Å². The number of hydrogen-bond acceptors (Lipinski definition) is 7. The number of rotatable bonds is 8. The minimum Gasteiger partial charge on any atom is -0.351 e. The van der Waals surface area contributed by atoms with E-state index in [4.69, 9.17) is 0 Å². The van der Waals surface area contributed by atoms with Crippen molar-refractivity contribution in [3.63, 3.8) is 0 Å². The van der Waals surface area contributed by atoms with E-state index in [0.717, 1.165) is 30.7 Å². The number of likely N-dealkylation sites (N-methyl/N-ethyl adjacent to an activating group) is 1. The van der Waals surface area contributed by atoms with E-state index in [0.29, 0.717) is 28.6 Å². The summed E-state index contributed by atoms with van der Waals surface area (Å²) < 4.78 is 1.89. The van der Waals surface area contributed by atoms with Crippen molar-refractivity contribution in [3.8, 4) is 0 Å². The van der Waals surface area contributed by atoms with Crippen LogP contribution in [0, 0.1) is 0 Å². The molecule has 1 aromatic carbocycles. The van der Waals surface area contributed by atoms with Gasteiger partial charge in [0.2, 0.25) is 0 Å². The van der Waals surface area contributed by atoms with Crippen LogP contribution >= 0.6 is 0 Å². The summed E-state index contributed by atoms with van der Waals surface area (Å²) in [5, 5.41) is 8.35. The highest BCUT2D eigenvalue weighted by atomic mass is 16.1. The number of nitrogens with one attached hydrogen (secondary N) is 3. The van der Waals surface area contributed by atoms with Gasteiger partial charge in [0.1, 0.15) is 5.70 Å². The van der Waals surface area contributed by atoms with Crippen molar-refractivity contribution in [3.05, 3.63) is 58.3 Å². The quantitative estimate of drug-likeness (QED) is 0.555. The summed E-state index contributed by atoms with van der Waals surface area (Å²) >= 11 is 0. The Morgan fingerprint density at radius 3 is 2.66 bits per heavy atom. The molecule has 1 aliphatic heterocycles. The van der Waals surface area contributed by atoms with Crippen molar-refractivity contribution in [2.45, 2.75) is 20.8 Å². The SMILES string of the molecule is C=c1c(=Nc2ccc(C(=O)NCCN(CC)CC)cc2)ncc(=C2C=NNN2)n1/C=C\C. The van der Waals surface area contributed by atoms with Gasteiger partial charge in [0.15, 0.2) is 5.49 Å². The Morgan fingerprint density at radius 2 is 2.03 bits per heavy atom. The van der Waals surface area contributed by atoms with E-state index in [9.17, 15) is 4.79 Å². The van der Waals surface area contributed by atoms with Gasteiger partial charge in [0, 0.05) is 24.9 Å². The van der Waals surface area contributed by atoms with Crippen LogP contribution in [0.5, 0.6) is 0 Å². The third-order valence-electron chi connectivity index (χ3n) is 5.11. The van der Waals surface area contributed by atoms with Gasteiger partial charge in [-0.3, -0.25) is 10.2 Å². The van der Waals surface area contributed by atoms with E-state index >= 15 is 0 Å². The third kappa shape index (κ3) is 5.50. The molecule has 0 spiro atoms. The number of aromatic nitrogens is 2. The maximum Gasteiger partial charge on any atom is 0.251 e. The molecule has 2 aromatic rings. The highest BCUT2D eigenvalue weighted by molar-refractivity contribution is 6.01. The number of hydrogen-bond donors (Lipinski definition) is 3. The summed E-state index contributed by atoms with van der Waals surface area (Å²) in [6.45, 7) is 13.7. The largest absolute Gasteiger partial charge is 0.351 e. The Kier molecular flexibility index (Phi) is 7.93. The van der Waals surface area contributed by atoms with Crippen LogP contribution in [-0.2, 0) is 0 Å². The Hall–Kier alpha value is -3.72. The molecule has 9 nitrogen and oxygen atoms in total. The summed E-state index contributed by atoms with van der Waals surface area (Å²) in [6, 6.07) is 7.14. The molecule has 168 valence electrons. The van der Waals surface area contributed by atoms with Gasteiger partial charge in [-0.1, -0.05) is 26.5 Å². The fraction of sp³-hybridized carbons (Fsp3) is 0.304. The average Bonchev–Trinajstić information content (AvgIpc) is 3.34. The lowest BCUT2D eigenvalue weighted by atomic mass is 10.2. The van der Waals surface area contributed by atoms with Gasteiger partial charge < -0.3 is 14.8 Å². The third-order valence-corrected chi connectivity index (χ3v) is 5.11. The number of benzene rings is 1. The molecule has 3 rings (SSSR count). The van der Waals surface area contributed by atoms with Crippen molar-refractivity contribution in [2.24, 2.45) is 10.1 Å². The van der Waals surface area contributed by atoms with Gasteiger partial charge in [-0.2, -0.15) is 5.10 Å². The van der Waals surface area contributed by atoms with Crippen molar-refractivity contribution < 1.29 is 4.79 Å². The lowest BCUT2D eigenvalue weighted by Crippen LogP contribution is -2.44. The Balaban J connectivity index is 1.81. The Labute approximate surface area is 187 Å². The molecule has 1 aromatic heterocycles.